The molecular formula is C23H29N2O3+. The maximum absolute atomic E-state index is 13.2. The molecule has 148 valence electrons. The molecule has 2 aromatic rings. The summed E-state index contributed by atoms with van der Waals surface area (Å²) in [6.45, 7) is 5.81. The zero-order valence-electron chi connectivity index (χ0n) is 16.6. The van der Waals surface area contributed by atoms with Gasteiger partial charge in [-0.25, -0.2) is 0 Å². The lowest BCUT2D eigenvalue weighted by Gasteiger charge is -2.33. The van der Waals surface area contributed by atoms with Gasteiger partial charge in [0.15, 0.2) is 6.04 Å². The maximum atomic E-state index is 13.2. The van der Waals surface area contributed by atoms with Gasteiger partial charge in [0.2, 0.25) is 0 Å². The molecular weight excluding hydrogens is 352 g/mol. The van der Waals surface area contributed by atoms with E-state index in [9.17, 15) is 9.59 Å². The Labute approximate surface area is 166 Å². The number of piperidine rings is 1. The highest BCUT2D eigenvalue weighted by Crippen LogP contribution is 2.18. The number of quaternary nitrogens is 1. The molecule has 1 amide bonds. The summed E-state index contributed by atoms with van der Waals surface area (Å²) in [6, 6.07) is 17.4. The summed E-state index contributed by atoms with van der Waals surface area (Å²) in [7, 11) is 0. The van der Waals surface area contributed by atoms with Crippen molar-refractivity contribution in [3.05, 3.63) is 65.7 Å². The van der Waals surface area contributed by atoms with Gasteiger partial charge < -0.3 is 15.0 Å². The molecule has 28 heavy (non-hydrogen) atoms. The fourth-order valence-corrected chi connectivity index (χ4v) is 3.84. The number of hydrogen-bond acceptors (Lipinski definition) is 3. The van der Waals surface area contributed by atoms with Crippen molar-refractivity contribution in [3.8, 4) is 0 Å². The summed E-state index contributed by atoms with van der Waals surface area (Å²) in [5.41, 5.74) is 2.96. The van der Waals surface area contributed by atoms with Crippen LogP contribution in [0.15, 0.2) is 54.6 Å². The van der Waals surface area contributed by atoms with E-state index in [-0.39, 0.29) is 23.8 Å². The van der Waals surface area contributed by atoms with Crippen LogP contribution in [0.1, 0.15) is 36.9 Å². The average molecular weight is 381 g/mol. The molecule has 0 aromatic heterocycles. The van der Waals surface area contributed by atoms with E-state index in [1.165, 1.54) is 4.90 Å². The van der Waals surface area contributed by atoms with E-state index in [0.717, 1.165) is 42.7 Å². The molecule has 1 heterocycles. The summed E-state index contributed by atoms with van der Waals surface area (Å²) < 4.78 is 5.17. The number of nitrogens with one attached hydrogen (secondary N) is 2. The Balaban J connectivity index is 1.74. The predicted octanol–water partition coefficient (Wildman–Crippen LogP) is 2.53. The second kappa shape index (κ2) is 9.51. The van der Waals surface area contributed by atoms with Crippen LogP contribution in [-0.4, -0.2) is 31.6 Å². The highest BCUT2D eigenvalue weighted by atomic mass is 16.5. The minimum Gasteiger partial charge on any atom is -0.466 e. The maximum Gasteiger partial charge on any atom is 0.309 e. The molecule has 2 N–H and O–H groups in total. The number of aryl methyl sites for hydroxylation is 1. The highest BCUT2D eigenvalue weighted by Gasteiger charge is 2.37. The van der Waals surface area contributed by atoms with Gasteiger partial charge in [0.25, 0.3) is 5.91 Å². The van der Waals surface area contributed by atoms with Crippen LogP contribution in [0, 0.1) is 12.8 Å². The first-order valence-corrected chi connectivity index (χ1v) is 10.0. The van der Waals surface area contributed by atoms with Gasteiger partial charge in [-0.1, -0.05) is 48.0 Å². The first-order valence-electron chi connectivity index (χ1n) is 10.0. The number of likely N-dealkylation sites (tertiary alicyclic amines) is 1. The lowest BCUT2D eigenvalue weighted by molar-refractivity contribution is -0.927. The molecule has 5 nitrogen and oxygen atoms in total. The zero-order chi connectivity index (χ0) is 19.9. The summed E-state index contributed by atoms with van der Waals surface area (Å²) in [5.74, 6) is -0.179. The minimum atomic E-state index is -0.300. The second-order valence-corrected chi connectivity index (χ2v) is 7.38. The Morgan fingerprint density at radius 1 is 1.07 bits per heavy atom. The Morgan fingerprint density at radius 2 is 1.71 bits per heavy atom. The third-order valence-corrected chi connectivity index (χ3v) is 5.37. The molecule has 0 aliphatic carbocycles. The van der Waals surface area contributed by atoms with Crippen molar-refractivity contribution in [2.24, 2.45) is 5.92 Å². The number of carbonyl (C=O) groups is 2. The summed E-state index contributed by atoms with van der Waals surface area (Å²) in [5, 5.41) is 3.07. The van der Waals surface area contributed by atoms with Gasteiger partial charge in [-0.15, -0.1) is 0 Å². The number of ether oxygens (including phenoxy) is 1. The number of amides is 1. The molecule has 5 heteroatoms. The van der Waals surface area contributed by atoms with Crippen LogP contribution in [0.2, 0.25) is 0 Å². The molecule has 0 saturated carbocycles. The van der Waals surface area contributed by atoms with E-state index in [1.54, 1.807) is 0 Å². The molecule has 0 bridgehead atoms. The topological polar surface area (TPSA) is 59.8 Å². The van der Waals surface area contributed by atoms with Crippen molar-refractivity contribution in [3.63, 3.8) is 0 Å². The van der Waals surface area contributed by atoms with Gasteiger partial charge in [-0.2, -0.15) is 0 Å². The number of hydrogen-bond donors (Lipinski definition) is 2. The minimum absolute atomic E-state index is 0.0142. The Kier molecular flexibility index (Phi) is 6.82. The summed E-state index contributed by atoms with van der Waals surface area (Å²) in [6.07, 6.45) is 1.49. The second-order valence-electron chi connectivity index (χ2n) is 7.38. The Morgan fingerprint density at radius 3 is 2.32 bits per heavy atom. The van der Waals surface area contributed by atoms with Crippen LogP contribution >= 0.6 is 0 Å². The van der Waals surface area contributed by atoms with E-state index >= 15 is 0 Å². The van der Waals surface area contributed by atoms with E-state index in [1.807, 2.05) is 68.4 Å². The summed E-state index contributed by atoms with van der Waals surface area (Å²) in [4.78, 5) is 26.4. The van der Waals surface area contributed by atoms with Crippen LogP contribution < -0.4 is 10.2 Å². The SMILES string of the molecule is CCOC(=O)C1CC[NH+]([C@@H](C(=O)Nc2ccc(C)cc2)c2ccccc2)CC1. The van der Waals surface area contributed by atoms with Gasteiger partial charge in [0.05, 0.1) is 25.6 Å². The molecule has 1 aliphatic rings. The number of rotatable bonds is 6. The van der Waals surface area contributed by atoms with Crippen molar-refractivity contribution in [2.75, 3.05) is 25.0 Å². The smallest absolute Gasteiger partial charge is 0.309 e. The molecule has 0 unspecified atom stereocenters. The van der Waals surface area contributed by atoms with Crippen LogP contribution in [0.4, 0.5) is 5.69 Å². The zero-order valence-corrected chi connectivity index (χ0v) is 16.6. The molecule has 0 spiro atoms. The van der Waals surface area contributed by atoms with Gasteiger partial charge >= 0.3 is 5.97 Å². The number of benzene rings is 2. The molecule has 2 aromatic carbocycles. The van der Waals surface area contributed by atoms with E-state index < -0.39 is 0 Å². The van der Waals surface area contributed by atoms with Crippen molar-refractivity contribution in [1.82, 2.24) is 0 Å². The molecule has 1 atom stereocenters. The third-order valence-electron chi connectivity index (χ3n) is 5.37. The Hall–Kier alpha value is -2.66. The largest absolute Gasteiger partial charge is 0.466 e. The van der Waals surface area contributed by atoms with Crippen LogP contribution in [-0.2, 0) is 14.3 Å². The van der Waals surface area contributed by atoms with Crippen molar-refractivity contribution in [2.45, 2.75) is 32.7 Å². The first-order chi connectivity index (χ1) is 13.6. The van der Waals surface area contributed by atoms with Gasteiger partial charge in [-0.3, -0.25) is 9.59 Å². The van der Waals surface area contributed by atoms with Gasteiger partial charge in [0.1, 0.15) is 0 Å². The predicted molar refractivity (Wildman–Crippen MR) is 109 cm³/mol. The summed E-state index contributed by atoms with van der Waals surface area (Å²) >= 11 is 0. The van der Waals surface area contributed by atoms with Crippen LogP contribution in [0.5, 0.6) is 0 Å². The Bertz CT molecular complexity index is 781. The molecule has 1 aliphatic heterocycles. The molecule has 1 saturated heterocycles. The van der Waals surface area contributed by atoms with Gasteiger partial charge in [-0.05, 0) is 26.0 Å². The monoisotopic (exact) mass is 381 g/mol. The third kappa shape index (κ3) is 4.98. The van der Waals surface area contributed by atoms with E-state index in [2.05, 4.69) is 5.32 Å². The standard InChI is InChI=1S/C23H28N2O3/c1-3-28-23(27)19-13-15-25(16-14-19)21(18-7-5-4-6-8-18)22(26)24-20-11-9-17(2)10-12-20/h4-12,19,21H,3,13-16H2,1-2H3,(H,24,26)/p+1/t21-/m1/s1. The molecule has 1 fully saturated rings. The van der Waals surface area contributed by atoms with E-state index in [0.29, 0.717) is 6.61 Å². The molecule has 0 radical (unpaired) electrons. The number of carbonyl (C=O) groups excluding carboxylic acids is 2. The average Bonchev–Trinajstić information content (AvgIpc) is 2.71. The van der Waals surface area contributed by atoms with Crippen LogP contribution in [0.25, 0.3) is 0 Å². The number of anilines is 1. The number of esters is 1. The quantitative estimate of drug-likeness (QED) is 0.756. The van der Waals surface area contributed by atoms with Crippen molar-refractivity contribution < 1.29 is 19.2 Å². The fraction of sp³-hybridized carbons (Fsp3) is 0.391. The van der Waals surface area contributed by atoms with Crippen molar-refractivity contribution >= 4 is 17.6 Å². The first kappa shape index (κ1) is 20.1. The fourth-order valence-electron chi connectivity index (χ4n) is 3.84. The highest BCUT2D eigenvalue weighted by molar-refractivity contribution is 5.94. The van der Waals surface area contributed by atoms with Crippen LogP contribution in [0.3, 0.4) is 0 Å². The lowest BCUT2D eigenvalue weighted by Crippen LogP contribution is -3.14. The molecule has 3 rings (SSSR count). The van der Waals surface area contributed by atoms with Crippen molar-refractivity contribution in [1.29, 1.82) is 0 Å². The lowest BCUT2D eigenvalue weighted by atomic mass is 9.94. The van der Waals surface area contributed by atoms with E-state index in [4.69, 9.17) is 4.74 Å². The van der Waals surface area contributed by atoms with Gasteiger partial charge in [0, 0.05) is 24.1 Å². The normalized spacial score (nSPS) is 20.2.